The molecule has 2 aliphatic heterocycles. The van der Waals surface area contributed by atoms with Gasteiger partial charge in [-0.25, -0.2) is 0 Å². The van der Waals surface area contributed by atoms with E-state index in [0.29, 0.717) is 0 Å². The van der Waals surface area contributed by atoms with E-state index in [4.69, 9.17) is 14.5 Å². The fourth-order valence-electron chi connectivity index (χ4n) is 3.16. The maximum absolute atomic E-state index is 6.07. The summed E-state index contributed by atoms with van der Waals surface area (Å²) in [5, 5.41) is 0. The van der Waals surface area contributed by atoms with Gasteiger partial charge in [0.25, 0.3) is 0 Å². The highest BCUT2D eigenvalue weighted by Crippen LogP contribution is 2.39. The molecule has 2 saturated heterocycles. The molecule has 0 aromatic heterocycles. The second kappa shape index (κ2) is 7.05. The van der Waals surface area contributed by atoms with Crippen molar-refractivity contribution < 1.29 is 14.5 Å². The van der Waals surface area contributed by atoms with E-state index in [2.05, 4.69) is 0 Å². The molecule has 0 unspecified atom stereocenters. The fourth-order valence-corrected chi connectivity index (χ4v) is 3.16. The third-order valence-corrected chi connectivity index (χ3v) is 4.34. The smallest absolute Gasteiger partial charge is 0.202 e. The third-order valence-electron chi connectivity index (χ3n) is 4.34. The summed E-state index contributed by atoms with van der Waals surface area (Å²) in [6.45, 7) is 4.02. The summed E-state index contributed by atoms with van der Waals surface area (Å²) >= 11 is 0. The Bertz CT molecular complexity index is 243. The van der Waals surface area contributed by atoms with E-state index in [1.165, 1.54) is 51.4 Å². The second-order valence-corrected chi connectivity index (χ2v) is 6.57. The highest BCUT2D eigenvalue weighted by molar-refractivity contribution is 4.74. The van der Waals surface area contributed by atoms with Crippen molar-refractivity contribution in [1.29, 1.82) is 0 Å². The molecule has 2 fully saturated rings. The van der Waals surface area contributed by atoms with Crippen LogP contribution in [0.1, 0.15) is 90.9 Å². The molecular weight excluding hydrogens is 240 g/mol. The van der Waals surface area contributed by atoms with Crippen molar-refractivity contribution in [2.45, 2.75) is 102 Å². The molecule has 0 aromatic rings. The van der Waals surface area contributed by atoms with Crippen LogP contribution < -0.4 is 0 Å². The van der Waals surface area contributed by atoms with Crippen molar-refractivity contribution in [3.8, 4) is 0 Å². The lowest BCUT2D eigenvalue weighted by atomic mass is 10.0. The summed E-state index contributed by atoms with van der Waals surface area (Å²) < 4.78 is 6.07. The SMILES string of the molecule is C[C@@]12CCCCCCCCCCCC[C@](C)(OO1)O2. The molecule has 2 bridgehead atoms. The highest BCUT2D eigenvalue weighted by Gasteiger charge is 2.46. The van der Waals surface area contributed by atoms with Crippen molar-refractivity contribution in [1.82, 2.24) is 0 Å². The molecule has 0 aromatic carbocycles. The minimum absolute atomic E-state index is 0.533. The van der Waals surface area contributed by atoms with Crippen molar-refractivity contribution >= 4 is 0 Å². The number of fused-ring (bicyclic) bond motifs is 2. The first-order valence-corrected chi connectivity index (χ1v) is 8.19. The minimum atomic E-state index is -0.533. The van der Waals surface area contributed by atoms with Gasteiger partial charge in [0.15, 0.2) is 0 Å². The molecule has 3 nitrogen and oxygen atoms in total. The highest BCUT2D eigenvalue weighted by atomic mass is 17.3. The Kier molecular flexibility index (Phi) is 5.67. The lowest BCUT2D eigenvalue weighted by molar-refractivity contribution is -0.346. The van der Waals surface area contributed by atoms with Gasteiger partial charge in [-0.2, -0.15) is 9.78 Å². The summed E-state index contributed by atoms with van der Waals surface area (Å²) in [6.07, 6.45) is 15.0. The molecule has 0 radical (unpaired) electrons. The minimum Gasteiger partial charge on any atom is -0.313 e. The van der Waals surface area contributed by atoms with Crippen LogP contribution in [-0.4, -0.2) is 11.6 Å². The Balaban J connectivity index is 1.85. The van der Waals surface area contributed by atoms with Gasteiger partial charge in [0, 0.05) is 12.8 Å². The van der Waals surface area contributed by atoms with E-state index < -0.39 is 11.6 Å². The molecule has 2 heterocycles. The van der Waals surface area contributed by atoms with Gasteiger partial charge in [-0.3, -0.25) is 0 Å². The van der Waals surface area contributed by atoms with Gasteiger partial charge in [0.05, 0.1) is 0 Å². The molecule has 3 heteroatoms. The van der Waals surface area contributed by atoms with Crippen LogP contribution in [0.3, 0.4) is 0 Å². The largest absolute Gasteiger partial charge is 0.313 e. The van der Waals surface area contributed by atoms with Gasteiger partial charge in [-0.05, 0) is 26.7 Å². The van der Waals surface area contributed by atoms with E-state index in [1.807, 2.05) is 13.8 Å². The number of rotatable bonds is 0. The molecule has 2 rings (SSSR count). The zero-order valence-corrected chi connectivity index (χ0v) is 12.7. The molecule has 112 valence electrons. The van der Waals surface area contributed by atoms with E-state index in [1.54, 1.807) is 0 Å². The number of hydrogen-bond acceptors (Lipinski definition) is 3. The zero-order valence-electron chi connectivity index (χ0n) is 12.7. The Morgan fingerprint density at radius 1 is 0.526 bits per heavy atom. The maximum Gasteiger partial charge on any atom is 0.202 e. The zero-order chi connectivity index (χ0) is 13.6. The quantitative estimate of drug-likeness (QED) is 0.574. The van der Waals surface area contributed by atoms with E-state index in [0.717, 1.165) is 25.7 Å². The summed E-state index contributed by atoms with van der Waals surface area (Å²) in [5.41, 5.74) is 0. The van der Waals surface area contributed by atoms with Gasteiger partial charge in [0.2, 0.25) is 11.6 Å². The Morgan fingerprint density at radius 3 is 1.21 bits per heavy atom. The van der Waals surface area contributed by atoms with Crippen molar-refractivity contribution in [2.24, 2.45) is 0 Å². The second-order valence-electron chi connectivity index (χ2n) is 6.57. The average molecular weight is 270 g/mol. The predicted octanol–water partition coefficient (Wildman–Crippen LogP) is 5.09. The number of hydrogen-bond donors (Lipinski definition) is 0. The molecule has 0 N–H and O–H groups in total. The molecule has 19 heavy (non-hydrogen) atoms. The molecule has 0 aliphatic carbocycles. The lowest BCUT2D eigenvalue weighted by Gasteiger charge is -2.24. The first-order valence-electron chi connectivity index (χ1n) is 8.19. The Morgan fingerprint density at radius 2 is 0.842 bits per heavy atom. The topological polar surface area (TPSA) is 27.7 Å². The van der Waals surface area contributed by atoms with Crippen molar-refractivity contribution in [3.05, 3.63) is 0 Å². The Labute approximate surface area is 117 Å². The van der Waals surface area contributed by atoms with Crippen molar-refractivity contribution in [2.75, 3.05) is 0 Å². The first-order chi connectivity index (χ1) is 9.12. The first kappa shape index (κ1) is 15.3. The molecular formula is C16H30O3. The predicted molar refractivity (Wildman–Crippen MR) is 75.5 cm³/mol. The van der Waals surface area contributed by atoms with Gasteiger partial charge in [-0.1, -0.05) is 51.4 Å². The summed E-state index contributed by atoms with van der Waals surface area (Å²) in [6, 6.07) is 0. The van der Waals surface area contributed by atoms with Crippen LogP contribution in [0.5, 0.6) is 0 Å². The fraction of sp³-hybridized carbons (Fsp3) is 1.00. The van der Waals surface area contributed by atoms with Gasteiger partial charge < -0.3 is 4.74 Å². The summed E-state index contributed by atoms with van der Waals surface area (Å²) in [5.74, 6) is -1.07. The van der Waals surface area contributed by atoms with Crippen LogP contribution in [-0.2, 0) is 14.5 Å². The summed E-state index contributed by atoms with van der Waals surface area (Å²) in [7, 11) is 0. The van der Waals surface area contributed by atoms with Gasteiger partial charge in [0.1, 0.15) is 0 Å². The normalized spacial score (nSPS) is 39.5. The van der Waals surface area contributed by atoms with Gasteiger partial charge in [-0.15, -0.1) is 0 Å². The van der Waals surface area contributed by atoms with Crippen LogP contribution >= 0.6 is 0 Å². The standard InChI is InChI=1S/C16H30O3/c1-15-13-11-9-7-5-3-4-6-8-10-12-14-16(2,17-15)19-18-15/h3-14H2,1-2H3/t15-,16-/m0/s1. The molecule has 2 atom stereocenters. The third kappa shape index (κ3) is 5.05. The Hall–Kier alpha value is -0.120. The van der Waals surface area contributed by atoms with E-state index >= 15 is 0 Å². The maximum atomic E-state index is 6.07. The lowest BCUT2D eigenvalue weighted by Crippen LogP contribution is -2.32. The van der Waals surface area contributed by atoms with Crippen LogP contribution in [0, 0.1) is 0 Å². The molecule has 0 saturated carbocycles. The average Bonchev–Trinajstić information content (AvgIpc) is 2.66. The van der Waals surface area contributed by atoms with Crippen LogP contribution in [0.15, 0.2) is 0 Å². The summed E-state index contributed by atoms with van der Waals surface area (Å²) in [4.78, 5) is 11.0. The van der Waals surface area contributed by atoms with Crippen LogP contribution in [0.2, 0.25) is 0 Å². The molecule has 2 aliphatic rings. The van der Waals surface area contributed by atoms with Crippen molar-refractivity contribution in [3.63, 3.8) is 0 Å². The molecule has 0 amide bonds. The van der Waals surface area contributed by atoms with Crippen LogP contribution in [0.4, 0.5) is 0 Å². The van der Waals surface area contributed by atoms with Crippen LogP contribution in [0.25, 0.3) is 0 Å². The van der Waals surface area contributed by atoms with Gasteiger partial charge >= 0.3 is 0 Å². The van der Waals surface area contributed by atoms with E-state index in [-0.39, 0.29) is 0 Å². The monoisotopic (exact) mass is 270 g/mol. The number of ether oxygens (including phenoxy) is 1. The molecule has 0 spiro atoms. The van der Waals surface area contributed by atoms with E-state index in [9.17, 15) is 0 Å².